The van der Waals surface area contributed by atoms with Crippen molar-refractivity contribution in [2.24, 2.45) is 5.73 Å². The molecule has 0 saturated heterocycles. The first kappa shape index (κ1) is 12.8. The molecule has 1 unspecified atom stereocenters. The second-order valence-electron chi connectivity index (χ2n) is 3.46. The van der Waals surface area contributed by atoms with E-state index in [1.807, 2.05) is 18.0 Å². The fraction of sp³-hybridized carbons (Fsp3) is 0.455. The van der Waals surface area contributed by atoms with Crippen molar-refractivity contribution in [1.82, 2.24) is 4.90 Å². The number of aliphatic hydroxyl groups is 1. The predicted molar refractivity (Wildman–Crippen MR) is 60.5 cm³/mol. The quantitative estimate of drug-likeness (QED) is 0.628. The maximum atomic E-state index is 9.09. The monoisotopic (exact) mass is 196 g/mol. The zero-order valence-electron chi connectivity index (χ0n) is 9.03. The molecule has 0 aromatic rings. The predicted octanol–water partition coefficient (Wildman–Crippen LogP) is 1.23. The van der Waals surface area contributed by atoms with Crippen molar-refractivity contribution in [2.45, 2.75) is 19.4 Å². The Hall–Kier alpha value is -1.22. The number of hydrogen-bond acceptors (Lipinski definition) is 3. The lowest BCUT2D eigenvalue weighted by molar-refractivity contribution is 0.172. The molecule has 0 radical (unpaired) electrons. The third-order valence-corrected chi connectivity index (χ3v) is 1.86. The van der Waals surface area contributed by atoms with Crippen LogP contribution in [0.1, 0.15) is 13.3 Å². The van der Waals surface area contributed by atoms with Crippen molar-refractivity contribution in [2.75, 3.05) is 13.6 Å². The molecule has 3 heteroatoms. The van der Waals surface area contributed by atoms with E-state index in [0.29, 0.717) is 5.70 Å². The number of allylic oxidation sites excluding steroid dienone is 2. The Bertz CT molecular complexity index is 231. The topological polar surface area (TPSA) is 49.5 Å². The maximum absolute atomic E-state index is 9.09. The number of nitrogens with zero attached hydrogens (tertiary/aromatic N) is 1. The highest BCUT2D eigenvalue weighted by atomic mass is 16.3. The summed E-state index contributed by atoms with van der Waals surface area (Å²) in [6.07, 6.45) is 3.97. The minimum Gasteiger partial charge on any atom is -0.399 e. The van der Waals surface area contributed by atoms with Gasteiger partial charge in [0.1, 0.15) is 0 Å². The number of hydrogen-bond donors (Lipinski definition) is 2. The van der Waals surface area contributed by atoms with Crippen LogP contribution in [0.4, 0.5) is 0 Å². The fourth-order valence-corrected chi connectivity index (χ4v) is 0.855. The van der Waals surface area contributed by atoms with Gasteiger partial charge in [-0.25, -0.2) is 0 Å². The van der Waals surface area contributed by atoms with Crippen LogP contribution in [0.3, 0.4) is 0 Å². The molecule has 0 rings (SSSR count). The molecule has 0 fully saturated rings. The Morgan fingerprint density at radius 3 is 2.50 bits per heavy atom. The number of nitrogens with two attached hydrogens (primary N) is 1. The molecule has 0 aliphatic carbocycles. The summed E-state index contributed by atoms with van der Waals surface area (Å²) in [6, 6.07) is 0. The van der Waals surface area contributed by atoms with Crippen LogP contribution in [-0.2, 0) is 0 Å². The zero-order chi connectivity index (χ0) is 11.1. The van der Waals surface area contributed by atoms with Crippen molar-refractivity contribution in [3.05, 3.63) is 36.7 Å². The molecule has 0 saturated carbocycles. The van der Waals surface area contributed by atoms with Crippen LogP contribution >= 0.6 is 0 Å². The van der Waals surface area contributed by atoms with E-state index in [9.17, 15) is 0 Å². The molecule has 3 nitrogen and oxygen atoms in total. The summed E-state index contributed by atoms with van der Waals surface area (Å²) in [7, 11) is 1.92. The number of rotatable bonds is 6. The molecule has 14 heavy (non-hydrogen) atoms. The van der Waals surface area contributed by atoms with Gasteiger partial charge in [-0.15, -0.1) is 0 Å². The van der Waals surface area contributed by atoms with Crippen molar-refractivity contribution < 1.29 is 5.11 Å². The summed E-state index contributed by atoms with van der Waals surface area (Å²) in [6.45, 7) is 9.96. The lowest BCUT2D eigenvalue weighted by Crippen LogP contribution is -2.20. The van der Waals surface area contributed by atoms with Crippen molar-refractivity contribution in [3.8, 4) is 0 Å². The van der Waals surface area contributed by atoms with E-state index in [-0.39, 0.29) is 6.10 Å². The van der Waals surface area contributed by atoms with Crippen LogP contribution in [-0.4, -0.2) is 29.7 Å². The average molecular weight is 196 g/mol. The Labute approximate surface area is 86.2 Å². The summed E-state index contributed by atoms with van der Waals surface area (Å²) in [4.78, 5) is 1.96. The smallest absolute Gasteiger partial charge is 0.0528 e. The molecule has 0 spiro atoms. The number of aliphatic hydroxyl groups excluding tert-OH is 1. The number of likely N-dealkylation sites (N-methyl/N-ethyl adjacent to an activating group) is 1. The van der Waals surface area contributed by atoms with Gasteiger partial charge in [0.25, 0.3) is 0 Å². The summed E-state index contributed by atoms with van der Waals surface area (Å²) in [5.74, 6) is 0. The van der Waals surface area contributed by atoms with Gasteiger partial charge in [0.2, 0.25) is 0 Å². The molecule has 0 aliphatic heterocycles. The second kappa shape index (κ2) is 6.27. The first-order valence-corrected chi connectivity index (χ1v) is 4.64. The van der Waals surface area contributed by atoms with Gasteiger partial charge in [0.05, 0.1) is 6.10 Å². The molecule has 0 bridgehead atoms. The minimum absolute atomic E-state index is 0.279. The fourth-order valence-electron chi connectivity index (χ4n) is 0.855. The van der Waals surface area contributed by atoms with E-state index in [4.69, 9.17) is 10.8 Å². The van der Waals surface area contributed by atoms with E-state index >= 15 is 0 Å². The van der Waals surface area contributed by atoms with Gasteiger partial charge in [-0.05, 0) is 25.5 Å². The molecule has 3 N–H and O–H groups in total. The van der Waals surface area contributed by atoms with Gasteiger partial charge in [0.15, 0.2) is 0 Å². The van der Waals surface area contributed by atoms with Crippen LogP contribution in [0.2, 0.25) is 0 Å². The lowest BCUT2D eigenvalue weighted by atomic mass is 10.2. The van der Waals surface area contributed by atoms with Crippen molar-refractivity contribution in [3.63, 3.8) is 0 Å². The highest BCUT2D eigenvalue weighted by Gasteiger charge is 2.01. The Morgan fingerprint density at radius 1 is 1.50 bits per heavy atom. The van der Waals surface area contributed by atoms with Gasteiger partial charge in [-0.2, -0.15) is 0 Å². The van der Waals surface area contributed by atoms with Crippen LogP contribution < -0.4 is 5.73 Å². The molecule has 0 aliphatic rings. The van der Waals surface area contributed by atoms with E-state index in [0.717, 1.165) is 18.7 Å². The van der Waals surface area contributed by atoms with Crippen molar-refractivity contribution >= 4 is 0 Å². The zero-order valence-corrected chi connectivity index (χ0v) is 9.03. The summed E-state index contributed by atoms with van der Waals surface area (Å²) >= 11 is 0. The first-order valence-electron chi connectivity index (χ1n) is 4.64. The summed E-state index contributed by atoms with van der Waals surface area (Å²) in [5, 5.41) is 9.09. The van der Waals surface area contributed by atoms with E-state index in [2.05, 4.69) is 13.2 Å². The Balaban J connectivity index is 3.93. The molecule has 0 aromatic carbocycles. The molecular weight excluding hydrogens is 176 g/mol. The van der Waals surface area contributed by atoms with Crippen LogP contribution in [0, 0.1) is 0 Å². The summed E-state index contributed by atoms with van der Waals surface area (Å²) in [5.41, 5.74) is 6.75. The standard InChI is InChI=1S/C11H20N2O/c1-9(12)5-6-10(2)13(4)8-7-11(3)14/h5-6,11,14H,1-2,7-8,12H2,3-4H3/b6-5-. The third kappa shape index (κ3) is 6.31. The lowest BCUT2D eigenvalue weighted by Gasteiger charge is -2.19. The van der Waals surface area contributed by atoms with Gasteiger partial charge >= 0.3 is 0 Å². The molecule has 0 heterocycles. The Kier molecular flexibility index (Phi) is 5.72. The molecule has 1 atom stereocenters. The van der Waals surface area contributed by atoms with E-state index < -0.39 is 0 Å². The minimum atomic E-state index is -0.279. The van der Waals surface area contributed by atoms with Crippen LogP contribution in [0.15, 0.2) is 36.7 Å². The average Bonchev–Trinajstić information content (AvgIpc) is 2.09. The molecular formula is C11H20N2O. The second-order valence-corrected chi connectivity index (χ2v) is 3.46. The normalized spacial score (nSPS) is 12.8. The molecule has 0 amide bonds. The van der Waals surface area contributed by atoms with E-state index in [1.165, 1.54) is 0 Å². The largest absolute Gasteiger partial charge is 0.399 e. The molecule has 0 aromatic heterocycles. The Morgan fingerprint density at radius 2 is 2.07 bits per heavy atom. The first-order chi connectivity index (χ1) is 6.43. The van der Waals surface area contributed by atoms with Gasteiger partial charge in [-0.3, -0.25) is 0 Å². The van der Waals surface area contributed by atoms with Gasteiger partial charge < -0.3 is 15.7 Å². The van der Waals surface area contributed by atoms with Crippen molar-refractivity contribution in [1.29, 1.82) is 0 Å². The van der Waals surface area contributed by atoms with E-state index in [1.54, 1.807) is 13.0 Å². The van der Waals surface area contributed by atoms with Crippen LogP contribution in [0.25, 0.3) is 0 Å². The highest BCUT2D eigenvalue weighted by molar-refractivity contribution is 5.21. The van der Waals surface area contributed by atoms with Gasteiger partial charge in [-0.1, -0.05) is 13.2 Å². The summed E-state index contributed by atoms with van der Waals surface area (Å²) < 4.78 is 0. The van der Waals surface area contributed by atoms with Crippen LogP contribution in [0.5, 0.6) is 0 Å². The molecule has 80 valence electrons. The third-order valence-electron chi connectivity index (χ3n) is 1.86. The van der Waals surface area contributed by atoms with Gasteiger partial charge in [0, 0.05) is 25.0 Å². The highest BCUT2D eigenvalue weighted by Crippen LogP contribution is 2.03. The maximum Gasteiger partial charge on any atom is 0.0528 e. The SMILES string of the molecule is C=C(N)/C=C\C(=C)N(C)CCC(C)O.